The molecule has 0 bridgehead atoms. The van der Waals surface area contributed by atoms with Crippen molar-refractivity contribution in [2.45, 2.75) is 40.2 Å². The summed E-state index contributed by atoms with van der Waals surface area (Å²) in [6.07, 6.45) is -0.112. The summed E-state index contributed by atoms with van der Waals surface area (Å²) in [7, 11) is 0. The molecule has 1 unspecified atom stereocenters. The summed E-state index contributed by atoms with van der Waals surface area (Å²) in [4.78, 5) is 49.2. The predicted octanol–water partition coefficient (Wildman–Crippen LogP) is 2.56. The summed E-state index contributed by atoms with van der Waals surface area (Å²) in [6, 6.07) is 1.31. The number of hydrogen-bond acceptors (Lipinski definition) is 6. The Balaban J connectivity index is 2.22. The maximum Gasteiger partial charge on any atom is 0.325 e. The SMILES string of the molecule is CCOC(=O)CNC(=O)C(C)Nc1cc(N2C(=O)CC(=C(C)C)C2=O)c(F)cc1Cl. The van der Waals surface area contributed by atoms with Crippen LogP contribution in [0.4, 0.5) is 15.8 Å². The standard InChI is InChI=1S/C20H23ClFN3O5/c1-5-30-18(27)9-23-19(28)11(4)24-15-8-16(14(22)7-13(15)21)25-17(26)6-12(10(2)3)20(25)29/h7-8,11,24H,5-6,9H2,1-4H3,(H,23,28). The molecule has 10 heteroatoms. The number of allylic oxidation sites excluding steroid dienone is 1. The largest absolute Gasteiger partial charge is 0.465 e. The van der Waals surface area contributed by atoms with Gasteiger partial charge in [0.25, 0.3) is 5.91 Å². The minimum absolute atomic E-state index is 0.0391. The number of carbonyl (C=O) groups is 4. The van der Waals surface area contributed by atoms with E-state index in [0.29, 0.717) is 11.1 Å². The van der Waals surface area contributed by atoms with E-state index in [-0.39, 0.29) is 36.0 Å². The molecule has 3 amide bonds. The Morgan fingerprint density at radius 1 is 1.30 bits per heavy atom. The molecule has 0 saturated carbocycles. The zero-order valence-electron chi connectivity index (χ0n) is 17.1. The smallest absolute Gasteiger partial charge is 0.325 e. The molecule has 2 rings (SSSR count). The van der Waals surface area contributed by atoms with Gasteiger partial charge in [0.2, 0.25) is 11.8 Å². The van der Waals surface area contributed by atoms with Gasteiger partial charge in [0.05, 0.1) is 29.4 Å². The van der Waals surface area contributed by atoms with Crippen LogP contribution in [0, 0.1) is 5.82 Å². The number of amides is 3. The molecule has 30 heavy (non-hydrogen) atoms. The van der Waals surface area contributed by atoms with Crippen LogP contribution in [0.5, 0.6) is 0 Å². The minimum Gasteiger partial charge on any atom is -0.465 e. The van der Waals surface area contributed by atoms with Crippen LogP contribution in [0.1, 0.15) is 34.1 Å². The third-order valence-corrected chi connectivity index (χ3v) is 4.71. The molecule has 1 aromatic carbocycles. The lowest BCUT2D eigenvalue weighted by molar-refractivity contribution is -0.143. The van der Waals surface area contributed by atoms with Crippen molar-refractivity contribution in [3.63, 3.8) is 0 Å². The average molecular weight is 440 g/mol. The van der Waals surface area contributed by atoms with Gasteiger partial charge in [-0.05, 0) is 39.8 Å². The lowest BCUT2D eigenvalue weighted by Gasteiger charge is -2.20. The number of hydrogen-bond donors (Lipinski definition) is 2. The highest BCUT2D eigenvalue weighted by Crippen LogP contribution is 2.35. The molecule has 1 heterocycles. The van der Waals surface area contributed by atoms with Crippen molar-refractivity contribution in [1.29, 1.82) is 0 Å². The third kappa shape index (κ3) is 5.15. The minimum atomic E-state index is -0.853. The molecule has 0 aliphatic carbocycles. The summed E-state index contributed by atoms with van der Waals surface area (Å²) in [5, 5.41) is 5.16. The number of carbonyl (C=O) groups excluding carboxylic acids is 4. The molecule has 0 radical (unpaired) electrons. The van der Waals surface area contributed by atoms with Gasteiger partial charge in [-0.3, -0.25) is 19.2 Å². The molecule has 1 aliphatic heterocycles. The van der Waals surface area contributed by atoms with Crippen molar-refractivity contribution in [3.05, 3.63) is 34.1 Å². The number of benzene rings is 1. The molecule has 162 valence electrons. The number of halogens is 2. The molecule has 2 N–H and O–H groups in total. The van der Waals surface area contributed by atoms with Crippen molar-refractivity contribution in [1.82, 2.24) is 5.32 Å². The molecule has 1 fully saturated rings. The molecule has 1 atom stereocenters. The molecular weight excluding hydrogens is 417 g/mol. The highest BCUT2D eigenvalue weighted by atomic mass is 35.5. The number of ether oxygens (including phenoxy) is 1. The fraction of sp³-hybridized carbons (Fsp3) is 0.400. The number of anilines is 2. The maximum atomic E-state index is 14.5. The maximum absolute atomic E-state index is 14.5. The molecule has 1 aliphatic rings. The van der Waals surface area contributed by atoms with Gasteiger partial charge in [0.1, 0.15) is 18.4 Å². The number of imide groups is 1. The van der Waals surface area contributed by atoms with Crippen LogP contribution in [-0.4, -0.2) is 42.9 Å². The predicted molar refractivity (Wildman–Crippen MR) is 110 cm³/mol. The lowest BCUT2D eigenvalue weighted by Crippen LogP contribution is -2.40. The first-order valence-electron chi connectivity index (χ1n) is 9.29. The lowest BCUT2D eigenvalue weighted by atomic mass is 10.1. The van der Waals surface area contributed by atoms with E-state index < -0.39 is 35.5 Å². The third-order valence-electron chi connectivity index (χ3n) is 4.40. The monoisotopic (exact) mass is 439 g/mol. The van der Waals surface area contributed by atoms with E-state index in [4.69, 9.17) is 16.3 Å². The summed E-state index contributed by atoms with van der Waals surface area (Å²) in [5.74, 6) is -3.09. The normalized spacial score (nSPS) is 14.6. The summed E-state index contributed by atoms with van der Waals surface area (Å²) >= 11 is 6.07. The molecular formula is C20H23ClFN3O5. The van der Waals surface area contributed by atoms with Crippen LogP contribution >= 0.6 is 11.6 Å². The van der Waals surface area contributed by atoms with Gasteiger partial charge in [-0.2, -0.15) is 0 Å². The Hall–Kier alpha value is -2.94. The van der Waals surface area contributed by atoms with Crippen LogP contribution in [0.15, 0.2) is 23.3 Å². The summed E-state index contributed by atoms with van der Waals surface area (Å²) < 4.78 is 19.3. The van der Waals surface area contributed by atoms with Crippen molar-refractivity contribution in [2.24, 2.45) is 0 Å². The van der Waals surface area contributed by atoms with E-state index in [1.165, 1.54) is 13.0 Å². The Kier molecular flexibility index (Phi) is 7.55. The summed E-state index contributed by atoms with van der Waals surface area (Å²) in [6.45, 7) is 6.45. The Bertz CT molecular complexity index is 927. The second kappa shape index (κ2) is 9.71. The highest BCUT2D eigenvalue weighted by Gasteiger charge is 2.37. The van der Waals surface area contributed by atoms with Gasteiger partial charge in [-0.1, -0.05) is 17.2 Å². The van der Waals surface area contributed by atoms with Crippen LogP contribution < -0.4 is 15.5 Å². The van der Waals surface area contributed by atoms with Crippen LogP contribution in [0.3, 0.4) is 0 Å². The zero-order valence-corrected chi connectivity index (χ0v) is 17.9. The van der Waals surface area contributed by atoms with Crippen LogP contribution in [0.25, 0.3) is 0 Å². The van der Waals surface area contributed by atoms with Gasteiger partial charge in [0, 0.05) is 5.57 Å². The molecule has 0 spiro atoms. The van der Waals surface area contributed by atoms with Crippen LogP contribution in [0.2, 0.25) is 5.02 Å². The van der Waals surface area contributed by atoms with Crippen molar-refractivity contribution >= 4 is 46.7 Å². The van der Waals surface area contributed by atoms with E-state index in [1.807, 2.05) is 0 Å². The van der Waals surface area contributed by atoms with E-state index in [0.717, 1.165) is 11.0 Å². The fourth-order valence-corrected chi connectivity index (χ4v) is 3.04. The Labute approximate surface area is 178 Å². The van der Waals surface area contributed by atoms with E-state index in [1.54, 1.807) is 20.8 Å². The van der Waals surface area contributed by atoms with E-state index in [2.05, 4.69) is 10.6 Å². The summed E-state index contributed by atoms with van der Waals surface area (Å²) in [5.41, 5.74) is 0.886. The Morgan fingerprint density at radius 2 is 1.97 bits per heavy atom. The van der Waals surface area contributed by atoms with Crippen molar-refractivity contribution in [3.8, 4) is 0 Å². The molecule has 1 aromatic rings. The number of rotatable bonds is 7. The second-order valence-electron chi connectivity index (χ2n) is 6.86. The van der Waals surface area contributed by atoms with Gasteiger partial charge < -0.3 is 15.4 Å². The van der Waals surface area contributed by atoms with Crippen LogP contribution in [-0.2, 0) is 23.9 Å². The fourth-order valence-electron chi connectivity index (χ4n) is 2.83. The van der Waals surface area contributed by atoms with Crippen molar-refractivity contribution < 1.29 is 28.3 Å². The number of esters is 1. The van der Waals surface area contributed by atoms with Gasteiger partial charge in [-0.25, -0.2) is 9.29 Å². The quantitative estimate of drug-likeness (QED) is 0.384. The van der Waals surface area contributed by atoms with E-state index >= 15 is 0 Å². The highest BCUT2D eigenvalue weighted by molar-refractivity contribution is 6.34. The van der Waals surface area contributed by atoms with E-state index in [9.17, 15) is 23.6 Å². The zero-order chi connectivity index (χ0) is 22.6. The topological polar surface area (TPSA) is 105 Å². The first kappa shape index (κ1) is 23.3. The number of nitrogens with one attached hydrogen (secondary N) is 2. The van der Waals surface area contributed by atoms with Gasteiger partial charge in [0.15, 0.2) is 0 Å². The molecule has 8 nitrogen and oxygen atoms in total. The van der Waals surface area contributed by atoms with Crippen molar-refractivity contribution in [2.75, 3.05) is 23.4 Å². The first-order chi connectivity index (χ1) is 14.1. The molecule has 1 saturated heterocycles. The first-order valence-corrected chi connectivity index (χ1v) is 9.67. The van der Waals surface area contributed by atoms with Gasteiger partial charge in [-0.15, -0.1) is 0 Å². The second-order valence-corrected chi connectivity index (χ2v) is 7.27. The molecule has 0 aromatic heterocycles. The Morgan fingerprint density at radius 3 is 2.53 bits per heavy atom. The average Bonchev–Trinajstić information content (AvgIpc) is 2.96. The number of nitrogens with zero attached hydrogens (tertiary/aromatic N) is 1. The van der Waals surface area contributed by atoms with Gasteiger partial charge >= 0.3 is 5.97 Å².